The summed E-state index contributed by atoms with van der Waals surface area (Å²) in [5.41, 5.74) is 0. The van der Waals surface area contributed by atoms with Crippen molar-refractivity contribution >= 4 is 5.91 Å². The second-order valence-corrected chi connectivity index (χ2v) is 3.77. The second-order valence-electron chi connectivity index (χ2n) is 3.77. The van der Waals surface area contributed by atoms with Gasteiger partial charge in [0.15, 0.2) is 0 Å². The summed E-state index contributed by atoms with van der Waals surface area (Å²) < 4.78 is 0. The molecular formula is C10H17N3O2. The van der Waals surface area contributed by atoms with Crippen LogP contribution in [0.25, 0.3) is 0 Å². The van der Waals surface area contributed by atoms with Crippen LogP contribution in [0.3, 0.4) is 0 Å². The van der Waals surface area contributed by atoms with Crippen molar-refractivity contribution in [2.45, 2.75) is 25.4 Å². The summed E-state index contributed by atoms with van der Waals surface area (Å²) in [4.78, 5) is 13.4. The number of carbonyl (C=O) groups is 1. The lowest BCUT2D eigenvalue weighted by Gasteiger charge is -2.28. The molecule has 0 bridgehead atoms. The molecule has 1 heterocycles. The van der Waals surface area contributed by atoms with Gasteiger partial charge in [0, 0.05) is 19.6 Å². The molecule has 0 aliphatic carbocycles. The predicted octanol–water partition coefficient (Wildman–Crippen LogP) is -0.527. The Hall–Kier alpha value is -1.12. The summed E-state index contributed by atoms with van der Waals surface area (Å²) >= 11 is 0. The SMILES string of the molecule is N#CCCNC(=O)CN1CCC(O)CC1. The van der Waals surface area contributed by atoms with Crippen LogP contribution in [0.1, 0.15) is 19.3 Å². The zero-order valence-corrected chi connectivity index (χ0v) is 8.78. The number of nitriles is 1. The molecule has 1 fully saturated rings. The number of rotatable bonds is 4. The normalized spacial score (nSPS) is 18.4. The van der Waals surface area contributed by atoms with E-state index in [2.05, 4.69) is 5.32 Å². The Labute approximate surface area is 89.7 Å². The van der Waals surface area contributed by atoms with Crippen LogP contribution in [0, 0.1) is 11.3 Å². The van der Waals surface area contributed by atoms with E-state index in [4.69, 9.17) is 5.26 Å². The molecule has 0 saturated carbocycles. The largest absolute Gasteiger partial charge is 0.393 e. The lowest BCUT2D eigenvalue weighted by Crippen LogP contribution is -2.42. The van der Waals surface area contributed by atoms with E-state index in [9.17, 15) is 9.90 Å². The number of piperidine rings is 1. The highest BCUT2D eigenvalue weighted by molar-refractivity contribution is 5.78. The van der Waals surface area contributed by atoms with E-state index in [1.54, 1.807) is 0 Å². The first-order valence-corrected chi connectivity index (χ1v) is 5.26. The van der Waals surface area contributed by atoms with Crippen molar-refractivity contribution in [3.05, 3.63) is 0 Å². The Morgan fingerprint density at radius 1 is 1.53 bits per heavy atom. The molecule has 0 aromatic carbocycles. The molecule has 0 atom stereocenters. The number of aliphatic hydroxyl groups excluding tert-OH is 1. The van der Waals surface area contributed by atoms with Gasteiger partial charge < -0.3 is 10.4 Å². The molecule has 1 aliphatic heterocycles. The molecule has 0 aromatic rings. The molecule has 5 nitrogen and oxygen atoms in total. The molecule has 0 radical (unpaired) electrons. The predicted molar refractivity (Wildman–Crippen MR) is 54.9 cm³/mol. The number of hydrogen-bond acceptors (Lipinski definition) is 4. The van der Waals surface area contributed by atoms with Gasteiger partial charge in [0.1, 0.15) is 0 Å². The topological polar surface area (TPSA) is 76.4 Å². The zero-order valence-electron chi connectivity index (χ0n) is 8.78. The van der Waals surface area contributed by atoms with E-state index < -0.39 is 0 Å². The monoisotopic (exact) mass is 211 g/mol. The number of likely N-dealkylation sites (tertiary alicyclic amines) is 1. The van der Waals surface area contributed by atoms with E-state index in [0.717, 1.165) is 25.9 Å². The highest BCUT2D eigenvalue weighted by Crippen LogP contribution is 2.08. The summed E-state index contributed by atoms with van der Waals surface area (Å²) in [6.45, 7) is 2.34. The molecule has 1 rings (SSSR count). The Bertz CT molecular complexity index is 242. The summed E-state index contributed by atoms with van der Waals surface area (Å²) in [5, 5.41) is 20.2. The van der Waals surface area contributed by atoms with Gasteiger partial charge >= 0.3 is 0 Å². The second kappa shape index (κ2) is 6.38. The first-order valence-electron chi connectivity index (χ1n) is 5.26. The molecule has 1 amide bonds. The van der Waals surface area contributed by atoms with Crippen molar-refractivity contribution < 1.29 is 9.90 Å². The minimum Gasteiger partial charge on any atom is -0.393 e. The van der Waals surface area contributed by atoms with E-state index in [0.29, 0.717) is 19.5 Å². The number of hydrogen-bond donors (Lipinski definition) is 2. The fourth-order valence-corrected chi connectivity index (χ4v) is 1.59. The van der Waals surface area contributed by atoms with Gasteiger partial charge in [-0.1, -0.05) is 0 Å². The highest BCUT2D eigenvalue weighted by atomic mass is 16.3. The van der Waals surface area contributed by atoms with E-state index in [1.807, 2.05) is 11.0 Å². The molecule has 5 heteroatoms. The summed E-state index contributed by atoms with van der Waals surface area (Å²) in [6.07, 6.45) is 1.63. The van der Waals surface area contributed by atoms with Crippen molar-refractivity contribution in [3.8, 4) is 6.07 Å². The molecule has 15 heavy (non-hydrogen) atoms. The average molecular weight is 211 g/mol. The Balaban J connectivity index is 2.13. The van der Waals surface area contributed by atoms with E-state index in [-0.39, 0.29) is 12.0 Å². The van der Waals surface area contributed by atoms with E-state index in [1.165, 1.54) is 0 Å². The van der Waals surface area contributed by atoms with Gasteiger partial charge in [-0.25, -0.2) is 0 Å². The van der Waals surface area contributed by atoms with Gasteiger partial charge in [0.05, 0.1) is 25.1 Å². The van der Waals surface area contributed by atoms with Gasteiger partial charge in [-0.2, -0.15) is 5.26 Å². The third kappa shape index (κ3) is 4.77. The summed E-state index contributed by atoms with van der Waals surface area (Å²) in [5.74, 6) is -0.0401. The number of aliphatic hydroxyl groups is 1. The number of nitrogens with zero attached hydrogens (tertiary/aromatic N) is 2. The lowest BCUT2D eigenvalue weighted by molar-refractivity contribution is -0.122. The highest BCUT2D eigenvalue weighted by Gasteiger charge is 2.18. The number of amides is 1. The number of carbonyl (C=O) groups excluding carboxylic acids is 1. The maximum absolute atomic E-state index is 11.3. The van der Waals surface area contributed by atoms with Crippen LogP contribution in [0.4, 0.5) is 0 Å². The summed E-state index contributed by atoms with van der Waals surface area (Å²) in [7, 11) is 0. The van der Waals surface area contributed by atoms with Crippen LogP contribution in [-0.4, -0.2) is 48.2 Å². The Kier molecular flexibility index (Phi) is 5.08. The molecule has 84 valence electrons. The first kappa shape index (κ1) is 12.0. The molecule has 1 saturated heterocycles. The molecule has 2 N–H and O–H groups in total. The van der Waals surface area contributed by atoms with Crippen molar-refractivity contribution in [1.29, 1.82) is 5.26 Å². The first-order chi connectivity index (χ1) is 7.22. The van der Waals surface area contributed by atoms with Gasteiger partial charge in [0.25, 0.3) is 0 Å². The molecule has 1 aliphatic rings. The van der Waals surface area contributed by atoms with Crippen molar-refractivity contribution in [2.75, 3.05) is 26.2 Å². The maximum atomic E-state index is 11.3. The Morgan fingerprint density at radius 2 is 2.20 bits per heavy atom. The molecule has 0 unspecified atom stereocenters. The van der Waals surface area contributed by atoms with Crippen molar-refractivity contribution in [3.63, 3.8) is 0 Å². The average Bonchev–Trinajstić information content (AvgIpc) is 2.22. The van der Waals surface area contributed by atoms with Crippen LogP contribution < -0.4 is 5.32 Å². The van der Waals surface area contributed by atoms with Crippen LogP contribution in [-0.2, 0) is 4.79 Å². The van der Waals surface area contributed by atoms with Crippen molar-refractivity contribution in [2.24, 2.45) is 0 Å². The molecule has 0 aromatic heterocycles. The van der Waals surface area contributed by atoms with Crippen LogP contribution >= 0.6 is 0 Å². The zero-order chi connectivity index (χ0) is 11.1. The Morgan fingerprint density at radius 3 is 2.80 bits per heavy atom. The minimum atomic E-state index is -0.206. The molecular weight excluding hydrogens is 194 g/mol. The van der Waals surface area contributed by atoms with Gasteiger partial charge in [-0.3, -0.25) is 9.69 Å². The van der Waals surface area contributed by atoms with Crippen LogP contribution in [0.2, 0.25) is 0 Å². The van der Waals surface area contributed by atoms with Gasteiger partial charge in [0.2, 0.25) is 5.91 Å². The minimum absolute atomic E-state index is 0.0401. The van der Waals surface area contributed by atoms with Gasteiger partial charge in [-0.15, -0.1) is 0 Å². The smallest absolute Gasteiger partial charge is 0.234 e. The lowest BCUT2D eigenvalue weighted by atomic mass is 10.1. The fourth-order valence-electron chi connectivity index (χ4n) is 1.59. The summed E-state index contributed by atoms with van der Waals surface area (Å²) in [6, 6.07) is 1.97. The van der Waals surface area contributed by atoms with E-state index >= 15 is 0 Å². The van der Waals surface area contributed by atoms with Crippen LogP contribution in [0.15, 0.2) is 0 Å². The fraction of sp³-hybridized carbons (Fsp3) is 0.800. The van der Waals surface area contributed by atoms with Crippen molar-refractivity contribution in [1.82, 2.24) is 10.2 Å². The maximum Gasteiger partial charge on any atom is 0.234 e. The third-order valence-electron chi connectivity index (χ3n) is 2.48. The quantitative estimate of drug-likeness (QED) is 0.613. The number of nitrogens with one attached hydrogen (secondary N) is 1. The van der Waals surface area contributed by atoms with Gasteiger partial charge in [-0.05, 0) is 12.8 Å². The molecule has 0 spiro atoms. The third-order valence-corrected chi connectivity index (χ3v) is 2.48. The van der Waals surface area contributed by atoms with Crippen LogP contribution in [0.5, 0.6) is 0 Å². The standard InChI is InChI=1S/C10H17N3O2/c11-4-1-5-12-10(15)8-13-6-2-9(14)3-7-13/h9,14H,1-3,5-8H2,(H,12,15).